The molecule has 9 heteroatoms. The van der Waals surface area contributed by atoms with E-state index in [1.807, 2.05) is 10.9 Å². The summed E-state index contributed by atoms with van der Waals surface area (Å²) in [5.41, 5.74) is 0.812. The number of benzene rings is 2. The summed E-state index contributed by atoms with van der Waals surface area (Å²) in [7, 11) is -3.98. The Bertz CT molecular complexity index is 881. The zero-order valence-corrected chi connectivity index (χ0v) is 14.3. The van der Waals surface area contributed by atoms with E-state index in [9.17, 15) is 18.5 Å². The molecule has 2 aromatic carbocycles. The summed E-state index contributed by atoms with van der Waals surface area (Å²) < 4.78 is 25.1. The van der Waals surface area contributed by atoms with Crippen molar-refractivity contribution in [3.8, 4) is 0 Å². The summed E-state index contributed by atoms with van der Waals surface area (Å²) in [5.74, 6) is 0. The molecule has 0 radical (unpaired) electrons. The van der Waals surface area contributed by atoms with Crippen molar-refractivity contribution in [2.45, 2.75) is 11.8 Å². The lowest BCUT2D eigenvalue weighted by Crippen LogP contribution is -2.18. The molecule has 0 aromatic heterocycles. The Labute approximate surface area is 141 Å². The van der Waals surface area contributed by atoms with Crippen LogP contribution in [0.4, 0.5) is 5.69 Å². The number of halogens is 1. The van der Waals surface area contributed by atoms with Crippen LogP contribution in [0.1, 0.15) is 11.1 Å². The van der Waals surface area contributed by atoms with Gasteiger partial charge < -0.3 is 0 Å². The average Bonchev–Trinajstić information content (AvgIpc) is 2.47. The molecule has 0 heterocycles. The first-order valence-electron chi connectivity index (χ1n) is 6.35. The zero-order chi connectivity index (χ0) is 17.0. The molecule has 120 valence electrons. The molecule has 0 bridgehead atoms. The van der Waals surface area contributed by atoms with Crippen molar-refractivity contribution < 1.29 is 13.3 Å². The fourth-order valence-electron chi connectivity index (χ4n) is 1.76. The second-order valence-corrected chi connectivity index (χ2v) is 7.19. The average molecular weight is 398 g/mol. The molecule has 2 rings (SSSR count). The molecule has 0 aliphatic carbocycles. The third kappa shape index (κ3) is 4.36. The third-order valence-corrected chi connectivity index (χ3v) is 4.64. The highest BCUT2D eigenvalue weighted by Crippen LogP contribution is 2.22. The van der Waals surface area contributed by atoms with Gasteiger partial charge in [-0.05, 0) is 30.7 Å². The standard InChI is InChI=1S/C14H12BrN3O4S/c1-10-5-6-13(8-14(10)18(19)20)23(21,22)17-16-9-11-3-2-4-12(15)7-11/h2-9,17H,1H3/b16-9-. The fourth-order valence-corrected chi connectivity index (χ4v) is 2.99. The molecule has 0 unspecified atom stereocenters. The van der Waals surface area contributed by atoms with E-state index in [2.05, 4.69) is 21.0 Å². The summed E-state index contributed by atoms with van der Waals surface area (Å²) in [6.07, 6.45) is 1.34. The SMILES string of the molecule is Cc1ccc(S(=O)(=O)N/N=C\c2cccc(Br)c2)cc1[N+](=O)[O-]. The lowest BCUT2D eigenvalue weighted by atomic mass is 10.2. The first-order valence-corrected chi connectivity index (χ1v) is 8.63. The number of sulfonamides is 1. The van der Waals surface area contributed by atoms with Crippen LogP contribution in [-0.4, -0.2) is 19.6 Å². The fraction of sp³-hybridized carbons (Fsp3) is 0.0714. The van der Waals surface area contributed by atoms with Crippen LogP contribution < -0.4 is 4.83 Å². The topological polar surface area (TPSA) is 102 Å². The molecule has 0 spiro atoms. The summed E-state index contributed by atoms with van der Waals surface area (Å²) in [6.45, 7) is 1.54. The van der Waals surface area contributed by atoms with E-state index in [4.69, 9.17) is 0 Å². The van der Waals surface area contributed by atoms with Crippen molar-refractivity contribution in [3.63, 3.8) is 0 Å². The van der Waals surface area contributed by atoms with Gasteiger partial charge in [0.1, 0.15) is 0 Å². The summed E-state index contributed by atoms with van der Waals surface area (Å²) in [4.78, 5) is 12.1. The number of nitro benzene ring substituents is 1. The molecular weight excluding hydrogens is 386 g/mol. The minimum Gasteiger partial charge on any atom is -0.258 e. The number of nitrogens with zero attached hydrogens (tertiary/aromatic N) is 2. The van der Waals surface area contributed by atoms with Gasteiger partial charge in [-0.3, -0.25) is 10.1 Å². The highest BCUT2D eigenvalue weighted by atomic mass is 79.9. The molecule has 1 N–H and O–H groups in total. The summed E-state index contributed by atoms with van der Waals surface area (Å²) in [6, 6.07) is 10.8. The van der Waals surface area contributed by atoms with Crippen LogP contribution in [0.5, 0.6) is 0 Å². The molecule has 0 aliphatic heterocycles. The number of aryl methyl sites for hydroxylation is 1. The Balaban J connectivity index is 2.22. The van der Waals surface area contributed by atoms with Crippen LogP contribution in [0, 0.1) is 17.0 Å². The Morgan fingerprint density at radius 3 is 2.65 bits per heavy atom. The number of nitrogens with one attached hydrogen (secondary N) is 1. The Kier molecular flexibility index (Phi) is 5.12. The monoisotopic (exact) mass is 397 g/mol. The Hall–Kier alpha value is -2.26. The van der Waals surface area contributed by atoms with Crippen molar-refractivity contribution in [2.75, 3.05) is 0 Å². The Morgan fingerprint density at radius 2 is 2.00 bits per heavy atom. The first-order chi connectivity index (χ1) is 10.8. The number of hydrogen-bond donors (Lipinski definition) is 1. The van der Waals surface area contributed by atoms with Gasteiger partial charge in [-0.1, -0.05) is 34.1 Å². The highest BCUT2D eigenvalue weighted by Gasteiger charge is 2.19. The van der Waals surface area contributed by atoms with Crippen LogP contribution >= 0.6 is 15.9 Å². The smallest absolute Gasteiger partial charge is 0.258 e. The predicted octanol–water partition coefficient (Wildman–Crippen LogP) is 2.98. The summed E-state index contributed by atoms with van der Waals surface area (Å²) >= 11 is 3.29. The number of hydrazone groups is 1. The van der Waals surface area contributed by atoms with Gasteiger partial charge in [-0.2, -0.15) is 13.5 Å². The van der Waals surface area contributed by atoms with Gasteiger partial charge in [0, 0.05) is 16.1 Å². The molecule has 0 atom stereocenters. The zero-order valence-electron chi connectivity index (χ0n) is 11.9. The lowest BCUT2D eigenvalue weighted by molar-refractivity contribution is -0.385. The first kappa shape index (κ1) is 17.1. The van der Waals surface area contributed by atoms with E-state index in [1.165, 1.54) is 25.3 Å². The number of hydrogen-bond acceptors (Lipinski definition) is 5. The van der Waals surface area contributed by atoms with Crippen molar-refractivity contribution in [2.24, 2.45) is 5.10 Å². The van der Waals surface area contributed by atoms with Crippen LogP contribution in [0.15, 0.2) is 56.9 Å². The molecule has 0 saturated heterocycles. The maximum Gasteiger partial charge on any atom is 0.276 e. The lowest BCUT2D eigenvalue weighted by Gasteiger charge is -2.04. The molecule has 2 aromatic rings. The quantitative estimate of drug-likeness (QED) is 0.475. The minimum absolute atomic E-state index is 0.221. The van der Waals surface area contributed by atoms with Crippen LogP contribution in [0.25, 0.3) is 0 Å². The molecule has 0 fully saturated rings. The van der Waals surface area contributed by atoms with Gasteiger partial charge in [-0.15, -0.1) is 0 Å². The van der Waals surface area contributed by atoms with Gasteiger partial charge in [-0.25, -0.2) is 4.83 Å². The normalized spacial score (nSPS) is 11.6. The van der Waals surface area contributed by atoms with Crippen molar-refractivity contribution in [1.82, 2.24) is 4.83 Å². The van der Waals surface area contributed by atoms with E-state index in [0.29, 0.717) is 11.1 Å². The van der Waals surface area contributed by atoms with Crippen molar-refractivity contribution in [1.29, 1.82) is 0 Å². The maximum absolute atomic E-state index is 12.1. The number of nitro groups is 1. The molecule has 0 saturated carbocycles. The van der Waals surface area contributed by atoms with E-state index < -0.39 is 14.9 Å². The molecule has 0 amide bonds. The second-order valence-electron chi connectivity index (χ2n) is 4.61. The second kappa shape index (κ2) is 6.88. The van der Waals surface area contributed by atoms with E-state index in [1.54, 1.807) is 18.2 Å². The van der Waals surface area contributed by atoms with Crippen molar-refractivity contribution in [3.05, 3.63) is 68.2 Å². The van der Waals surface area contributed by atoms with E-state index >= 15 is 0 Å². The van der Waals surface area contributed by atoms with Crippen LogP contribution in [0.2, 0.25) is 0 Å². The summed E-state index contributed by atoms with van der Waals surface area (Å²) in [5, 5.41) is 14.6. The molecular formula is C14H12BrN3O4S. The van der Waals surface area contributed by atoms with Gasteiger partial charge in [0.05, 0.1) is 16.0 Å². The van der Waals surface area contributed by atoms with Gasteiger partial charge in [0.2, 0.25) is 0 Å². The van der Waals surface area contributed by atoms with E-state index in [0.717, 1.165) is 10.5 Å². The predicted molar refractivity (Wildman–Crippen MR) is 89.9 cm³/mol. The van der Waals surface area contributed by atoms with Gasteiger partial charge in [0.25, 0.3) is 15.7 Å². The van der Waals surface area contributed by atoms with Crippen LogP contribution in [0.3, 0.4) is 0 Å². The third-order valence-electron chi connectivity index (χ3n) is 2.92. The number of rotatable bonds is 5. The highest BCUT2D eigenvalue weighted by molar-refractivity contribution is 9.10. The van der Waals surface area contributed by atoms with Crippen LogP contribution in [-0.2, 0) is 10.0 Å². The van der Waals surface area contributed by atoms with E-state index in [-0.39, 0.29) is 10.6 Å². The van der Waals surface area contributed by atoms with Gasteiger partial charge in [0.15, 0.2) is 0 Å². The minimum atomic E-state index is -3.98. The molecule has 7 nitrogen and oxygen atoms in total. The maximum atomic E-state index is 12.1. The van der Waals surface area contributed by atoms with Crippen molar-refractivity contribution >= 4 is 37.9 Å². The van der Waals surface area contributed by atoms with Gasteiger partial charge >= 0.3 is 0 Å². The largest absolute Gasteiger partial charge is 0.276 e. The molecule has 0 aliphatic rings. The molecule has 23 heavy (non-hydrogen) atoms. The Morgan fingerprint density at radius 1 is 1.26 bits per heavy atom.